The molecule has 0 N–H and O–H groups in total. The van der Waals surface area contributed by atoms with E-state index in [0.29, 0.717) is 5.56 Å². The summed E-state index contributed by atoms with van der Waals surface area (Å²) in [5.74, 6) is 0. The van der Waals surface area contributed by atoms with Crippen molar-refractivity contribution in [3.8, 4) is 28.3 Å². The van der Waals surface area contributed by atoms with Crippen LogP contribution in [0.4, 0.5) is 34.1 Å². The Kier molecular flexibility index (Phi) is 8.71. The maximum Gasteiger partial charge on any atom is 0.0991 e. The maximum atomic E-state index is 9.55. The quantitative estimate of drug-likeness (QED) is 0.155. The minimum atomic E-state index is -0.254. The summed E-state index contributed by atoms with van der Waals surface area (Å²) in [6, 6.07) is 55.1. The smallest absolute Gasteiger partial charge is 0.0991 e. The molecule has 280 valence electrons. The number of hydrogen-bond acceptors (Lipinski definition) is 3. The fourth-order valence-electron chi connectivity index (χ4n) is 9.92. The molecule has 57 heavy (non-hydrogen) atoms. The molecule has 0 unspecified atom stereocenters. The molecule has 2 aliphatic carbocycles. The molecule has 9 rings (SSSR count). The molecule has 0 amide bonds. The van der Waals surface area contributed by atoms with Crippen molar-refractivity contribution in [1.29, 1.82) is 5.26 Å². The predicted octanol–water partition coefficient (Wildman–Crippen LogP) is 14.7. The molecule has 7 aromatic carbocycles. The Balaban J connectivity index is 1.18. The number of nitrogens with zero attached hydrogens (tertiary/aromatic N) is 3. The number of para-hydroxylation sites is 2. The average Bonchev–Trinajstić information content (AvgIpc) is 3.59. The topological polar surface area (TPSA) is 30.3 Å². The summed E-state index contributed by atoms with van der Waals surface area (Å²) in [5.41, 5.74) is 21.9. The zero-order valence-electron chi connectivity index (χ0n) is 34.1. The molecule has 0 bridgehead atoms. The van der Waals surface area contributed by atoms with Crippen LogP contribution in [0, 0.1) is 25.2 Å². The van der Waals surface area contributed by atoms with Gasteiger partial charge in [-0.25, -0.2) is 0 Å². The summed E-state index contributed by atoms with van der Waals surface area (Å²) in [7, 11) is 0. The van der Waals surface area contributed by atoms with Crippen molar-refractivity contribution >= 4 is 34.1 Å². The molecule has 0 saturated heterocycles. The average molecular weight is 740 g/mol. The van der Waals surface area contributed by atoms with Gasteiger partial charge in [0.05, 0.1) is 11.6 Å². The third-order valence-electron chi connectivity index (χ3n) is 12.5. The molecule has 2 aliphatic rings. The Morgan fingerprint density at radius 2 is 0.895 bits per heavy atom. The highest BCUT2D eigenvalue weighted by Crippen LogP contribution is 2.61. The van der Waals surface area contributed by atoms with Crippen molar-refractivity contribution in [3.63, 3.8) is 0 Å². The highest BCUT2D eigenvalue weighted by Gasteiger charge is 2.47. The van der Waals surface area contributed by atoms with Crippen LogP contribution in [-0.2, 0) is 17.3 Å². The molecule has 3 nitrogen and oxygen atoms in total. The summed E-state index contributed by atoms with van der Waals surface area (Å²) in [6.07, 6.45) is 2.22. The van der Waals surface area contributed by atoms with Crippen LogP contribution in [0.1, 0.15) is 85.5 Å². The second-order valence-electron chi connectivity index (χ2n) is 16.9. The largest absolute Gasteiger partial charge is 0.310 e. The first kappa shape index (κ1) is 36.3. The number of anilines is 6. The molecule has 0 spiro atoms. The van der Waals surface area contributed by atoms with Gasteiger partial charge in [-0.3, -0.25) is 0 Å². The Morgan fingerprint density at radius 1 is 0.491 bits per heavy atom. The zero-order valence-corrected chi connectivity index (χ0v) is 34.1. The van der Waals surface area contributed by atoms with E-state index in [1.807, 2.05) is 12.1 Å². The van der Waals surface area contributed by atoms with Gasteiger partial charge in [0.2, 0.25) is 0 Å². The van der Waals surface area contributed by atoms with E-state index in [1.165, 1.54) is 72.6 Å². The lowest BCUT2D eigenvalue weighted by atomic mass is 9.72. The Bertz CT molecular complexity index is 2700. The van der Waals surface area contributed by atoms with E-state index in [0.717, 1.165) is 35.6 Å². The summed E-state index contributed by atoms with van der Waals surface area (Å²) in [5, 5.41) is 9.55. The van der Waals surface area contributed by atoms with E-state index in [1.54, 1.807) is 0 Å². The van der Waals surface area contributed by atoms with Crippen LogP contribution in [-0.4, -0.2) is 0 Å². The van der Waals surface area contributed by atoms with Gasteiger partial charge in [-0.2, -0.15) is 5.26 Å². The van der Waals surface area contributed by atoms with Gasteiger partial charge in [0.1, 0.15) is 0 Å². The monoisotopic (exact) mass is 739 g/mol. The Labute approximate surface area is 338 Å². The van der Waals surface area contributed by atoms with E-state index in [2.05, 4.69) is 198 Å². The molecule has 0 aromatic heterocycles. The van der Waals surface area contributed by atoms with Crippen LogP contribution in [0.25, 0.3) is 22.3 Å². The van der Waals surface area contributed by atoms with E-state index in [4.69, 9.17) is 0 Å². The minimum absolute atomic E-state index is 0.237. The SMILES string of the molecule is CCCc1ccc(N(c2ccccc2)c2cc(C)c3c(c2)C(C)(C)c2c-3ccc3c2C(C)(C)c2cc(N(c4ccccc4)c4ccc(C#N)cc4)cc(C)c2-3)cc1. The number of hydrogen-bond donors (Lipinski definition) is 0. The lowest BCUT2D eigenvalue weighted by molar-refractivity contribution is 0.601. The van der Waals surface area contributed by atoms with E-state index in [-0.39, 0.29) is 10.8 Å². The van der Waals surface area contributed by atoms with Crippen molar-refractivity contribution in [3.05, 3.63) is 190 Å². The van der Waals surface area contributed by atoms with E-state index in [9.17, 15) is 5.26 Å². The minimum Gasteiger partial charge on any atom is -0.310 e. The summed E-state index contributed by atoms with van der Waals surface area (Å²) >= 11 is 0. The lowest BCUT2D eigenvalue weighted by Crippen LogP contribution is -2.24. The number of nitriles is 1. The van der Waals surface area contributed by atoms with Gasteiger partial charge in [0.25, 0.3) is 0 Å². The van der Waals surface area contributed by atoms with Crippen LogP contribution < -0.4 is 9.80 Å². The molecule has 0 heterocycles. The third-order valence-corrected chi connectivity index (χ3v) is 12.5. The molecule has 0 atom stereocenters. The third kappa shape index (κ3) is 5.77. The van der Waals surface area contributed by atoms with Gasteiger partial charge in [0, 0.05) is 45.0 Å². The van der Waals surface area contributed by atoms with Crippen molar-refractivity contribution in [2.45, 2.75) is 72.1 Å². The molecule has 0 radical (unpaired) electrons. The molecule has 0 aliphatic heterocycles. The Morgan fingerprint density at radius 3 is 1.30 bits per heavy atom. The fourth-order valence-corrected chi connectivity index (χ4v) is 9.92. The number of rotatable bonds is 8. The van der Waals surface area contributed by atoms with Gasteiger partial charge < -0.3 is 9.80 Å². The normalized spacial score (nSPS) is 13.9. The van der Waals surface area contributed by atoms with E-state index < -0.39 is 0 Å². The van der Waals surface area contributed by atoms with Gasteiger partial charge in [-0.05, 0) is 166 Å². The summed E-state index contributed by atoms with van der Waals surface area (Å²) in [6.45, 7) is 16.5. The van der Waals surface area contributed by atoms with Crippen LogP contribution >= 0.6 is 0 Å². The molecule has 7 aromatic rings. The van der Waals surface area contributed by atoms with Gasteiger partial charge >= 0.3 is 0 Å². The fraction of sp³-hybridized carbons (Fsp3) is 0.204. The Hall–Kier alpha value is -6.37. The van der Waals surface area contributed by atoms with Crippen molar-refractivity contribution in [2.75, 3.05) is 9.80 Å². The van der Waals surface area contributed by atoms with Crippen LogP contribution in [0.2, 0.25) is 0 Å². The van der Waals surface area contributed by atoms with Crippen LogP contribution in [0.5, 0.6) is 0 Å². The van der Waals surface area contributed by atoms with Crippen molar-refractivity contribution in [1.82, 2.24) is 0 Å². The first-order valence-corrected chi connectivity index (χ1v) is 20.3. The second kappa shape index (κ2) is 13.7. The molecule has 0 fully saturated rings. The number of fused-ring (bicyclic) bond motifs is 7. The number of benzene rings is 7. The predicted molar refractivity (Wildman–Crippen MR) is 239 cm³/mol. The maximum absolute atomic E-state index is 9.55. The molecule has 3 heteroatoms. The summed E-state index contributed by atoms with van der Waals surface area (Å²) in [4.78, 5) is 4.74. The highest BCUT2D eigenvalue weighted by molar-refractivity contribution is 5.95. The highest BCUT2D eigenvalue weighted by atomic mass is 15.1. The molecule has 0 saturated carbocycles. The first-order valence-electron chi connectivity index (χ1n) is 20.3. The standard InChI is InChI=1S/C54H49N3/c1-8-15-37-20-24-41(25-21-37)56(39-16-11-9-12-17-39)43-30-35(2)49-45-28-29-46-50-36(3)31-44(33-48(50)54(6,7)52(46)51(45)53(4,5)47(49)32-43)57(40-18-13-10-14-19-40)42-26-22-38(34-55)23-27-42/h9-14,16-33H,8,15H2,1-7H3. The van der Waals surface area contributed by atoms with Crippen LogP contribution in [0.3, 0.4) is 0 Å². The van der Waals surface area contributed by atoms with E-state index >= 15 is 0 Å². The lowest BCUT2D eigenvalue weighted by Gasteiger charge is -2.32. The van der Waals surface area contributed by atoms with Crippen molar-refractivity contribution in [2.24, 2.45) is 0 Å². The van der Waals surface area contributed by atoms with Crippen molar-refractivity contribution < 1.29 is 0 Å². The molecular weight excluding hydrogens is 691 g/mol. The number of aryl methyl sites for hydroxylation is 3. The van der Waals surface area contributed by atoms with Crippen LogP contribution in [0.15, 0.2) is 146 Å². The van der Waals surface area contributed by atoms with Gasteiger partial charge in [0.15, 0.2) is 0 Å². The first-order chi connectivity index (χ1) is 27.5. The zero-order chi connectivity index (χ0) is 39.6. The van der Waals surface area contributed by atoms with Gasteiger partial charge in [-0.1, -0.05) is 102 Å². The summed E-state index contributed by atoms with van der Waals surface area (Å²) < 4.78 is 0. The molecular formula is C54H49N3. The second-order valence-corrected chi connectivity index (χ2v) is 16.9. The van der Waals surface area contributed by atoms with Gasteiger partial charge in [-0.15, -0.1) is 0 Å².